The molecule has 1 amide bonds. The molecule has 0 saturated heterocycles. The lowest BCUT2D eigenvalue weighted by molar-refractivity contribution is -0.138. The van der Waals surface area contributed by atoms with Gasteiger partial charge in [-0.25, -0.2) is 0 Å². The molecule has 4 heteroatoms. The molecule has 0 unspecified atom stereocenters. The lowest BCUT2D eigenvalue weighted by atomic mass is 10.2. The Labute approximate surface area is 103 Å². The Kier molecular flexibility index (Phi) is 5.63. The number of nitrogens with zero attached hydrogens (tertiary/aromatic N) is 2. The molecule has 0 bridgehead atoms. The van der Waals surface area contributed by atoms with Crippen molar-refractivity contribution in [2.24, 2.45) is 0 Å². The second kappa shape index (κ2) is 7.01. The predicted octanol–water partition coefficient (Wildman–Crippen LogP) is 1.86. The van der Waals surface area contributed by atoms with E-state index in [-0.39, 0.29) is 18.6 Å². The largest absolute Gasteiger partial charge is 0.369 e. The second-order valence-corrected chi connectivity index (χ2v) is 4.12. The standard InChI is InChI=1S/C13H20N2O2/c1-4-15(13(16)10-17-11(2)3)9-12-5-7-14-8-6-12/h5-8,11H,4,9-10H2,1-3H3. The zero-order valence-corrected chi connectivity index (χ0v) is 10.7. The Morgan fingerprint density at radius 3 is 2.59 bits per heavy atom. The Morgan fingerprint density at radius 1 is 1.41 bits per heavy atom. The van der Waals surface area contributed by atoms with Crippen LogP contribution in [0, 0.1) is 0 Å². The van der Waals surface area contributed by atoms with Crippen molar-refractivity contribution in [1.82, 2.24) is 9.88 Å². The molecule has 0 aliphatic rings. The van der Waals surface area contributed by atoms with Crippen LogP contribution in [0.1, 0.15) is 26.3 Å². The van der Waals surface area contributed by atoms with Crippen molar-refractivity contribution >= 4 is 5.91 Å². The fourth-order valence-corrected chi connectivity index (χ4v) is 1.41. The molecular formula is C13H20N2O2. The monoisotopic (exact) mass is 236 g/mol. The normalized spacial score (nSPS) is 10.6. The Balaban J connectivity index is 2.51. The van der Waals surface area contributed by atoms with Gasteiger partial charge in [0.25, 0.3) is 0 Å². The highest BCUT2D eigenvalue weighted by atomic mass is 16.5. The summed E-state index contributed by atoms with van der Waals surface area (Å²) in [4.78, 5) is 17.6. The maximum atomic E-state index is 11.9. The molecular weight excluding hydrogens is 216 g/mol. The molecule has 0 spiro atoms. The highest BCUT2D eigenvalue weighted by Gasteiger charge is 2.12. The van der Waals surface area contributed by atoms with Crippen LogP contribution in [0.3, 0.4) is 0 Å². The maximum Gasteiger partial charge on any atom is 0.248 e. The Hall–Kier alpha value is -1.42. The Morgan fingerprint density at radius 2 is 2.06 bits per heavy atom. The highest BCUT2D eigenvalue weighted by molar-refractivity contribution is 5.77. The SMILES string of the molecule is CCN(Cc1ccncc1)C(=O)COC(C)C. The first-order valence-corrected chi connectivity index (χ1v) is 5.91. The maximum absolute atomic E-state index is 11.9. The van der Waals surface area contributed by atoms with E-state index in [1.165, 1.54) is 0 Å². The number of ether oxygens (including phenoxy) is 1. The molecule has 0 aliphatic heterocycles. The third kappa shape index (κ3) is 4.95. The van der Waals surface area contributed by atoms with Gasteiger partial charge in [0.15, 0.2) is 0 Å². The number of rotatable bonds is 6. The van der Waals surface area contributed by atoms with Crippen molar-refractivity contribution in [3.8, 4) is 0 Å². The van der Waals surface area contributed by atoms with Crippen LogP contribution in [0.2, 0.25) is 0 Å². The number of aromatic nitrogens is 1. The molecule has 0 radical (unpaired) electrons. The van der Waals surface area contributed by atoms with Crippen LogP contribution in [0.25, 0.3) is 0 Å². The zero-order valence-electron chi connectivity index (χ0n) is 10.7. The van der Waals surface area contributed by atoms with Crippen LogP contribution in [-0.2, 0) is 16.1 Å². The number of likely N-dealkylation sites (N-methyl/N-ethyl adjacent to an activating group) is 1. The number of carbonyl (C=O) groups is 1. The molecule has 1 rings (SSSR count). The van der Waals surface area contributed by atoms with Crippen molar-refractivity contribution in [1.29, 1.82) is 0 Å². The van der Waals surface area contributed by atoms with Gasteiger partial charge in [-0.1, -0.05) is 0 Å². The zero-order chi connectivity index (χ0) is 12.7. The molecule has 1 aromatic rings. The van der Waals surface area contributed by atoms with Crippen LogP contribution in [-0.4, -0.2) is 35.0 Å². The summed E-state index contributed by atoms with van der Waals surface area (Å²) in [5.74, 6) is 0.0259. The molecule has 0 aliphatic carbocycles. The predicted molar refractivity (Wildman–Crippen MR) is 66.4 cm³/mol. The van der Waals surface area contributed by atoms with E-state index >= 15 is 0 Å². The van der Waals surface area contributed by atoms with Crippen LogP contribution >= 0.6 is 0 Å². The van der Waals surface area contributed by atoms with Gasteiger partial charge in [-0.05, 0) is 38.5 Å². The quantitative estimate of drug-likeness (QED) is 0.757. The topological polar surface area (TPSA) is 42.4 Å². The lowest BCUT2D eigenvalue weighted by Crippen LogP contribution is -2.34. The van der Waals surface area contributed by atoms with Gasteiger partial charge in [0.2, 0.25) is 5.91 Å². The molecule has 0 aromatic carbocycles. The first-order chi connectivity index (χ1) is 8.13. The number of pyridine rings is 1. The van der Waals surface area contributed by atoms with Gasteiger partial charge in [-0.2, -0.15) is 0 Å². The van der Waals surface area contributed by atoms with Crippen LogP contribution < -0.4 is 0 Å². The Bertz CT molecular complexity index is 339. The first kappa shape index (κ1) is 13.6. The van der Waals surface area contributed by atoms with Crippen molar-refractivity contribution in [2.45, 2.75) is 33.4 Å². The fourth-order valence-electron chi connectivity index (χ4n) is 1.41. The fraction of sp³-hybridized carbons (Fsp3) is 0.538. The molecule has 1 aromatic heterocycles. The van der Waals surface area contributed by atoms with Crippen LogP contribution in [0.4, 0.5) is 0 Å². The number of carbonyl (C=O) groups excluding carboxylic acids is 1. The smallest absolute Gasteiger partial charge is 0.248 e. The van der Waals surface area contributed by atoms with Gasteiger partial charge in [0.05, 0.1) is 6.10 Å². The average molecular weight is 236 g/mol. The van der Waals surface area contributed by atoms with E-state index in [1.54, 1.807) is 17.3 Å². The second-order valence-electron chi connectivity index (χ2n) is 4.12. The summed E-state index contributed by atoms with van der Waals surface area (Å²) < 4.78 is 5.32. The van der Waals surface area contributed by atoms with Crippen LogP contribution in [0.5, 0.6) is 0 Å². The third-order valence-corrected chi connectivity index (χ3v) is 2.40. The van der Waals surface area contributed by atoms with E-state index < -0.39 is 0 Å². The lowest BCUT2D eigenvalue weighted by Gasteiger charge is -2.21. The van der Waals surface area contributed by atoms with Crippen molar-refractivity contribution in [2.75, 3.05) is 13.2 Å². The summed E-state index contributed by atoms with van der Waals surface area (Å²) in [6, 6.07) is 3.83. The molecule has 17 heavy (non-hydrogen) atoms. The van der Waals surface area contributed by atoms with Crippen molar-refractivity contribution in [3.05, 3.63) is 30.1 Å². The van der Waals surface area contributed by atoms with E-state index in [2.05, 4.69) is 4.98 Å². The van der Waals surface area contributed by atoms with Gasteiger partial charge in [-0.3, -0.25) is 9.78 Å². The number of hydrogen-bond acceptors (Lipinski definition) is 3. The summed E-state index contributed by atoms with van der Waals surface area (Å²) in [6.45, 7) is 7.26. The summed E-state index contributed by atoms with van der Waals surface area (Å²) in [5.41, 5.74) is 1.08. The van der Waals surface area contributed by atoms with Gasteiger partial charge >= 0.3 is 0 Å². The molecule has 0 saturated carbocycles. The van der Waals surface area contributed by atoms with Gasteiger partial charge < -0.3 is 9.64 Å². The molecule has 0 atom stereocenters. The van der Waals surface area contributed by atoms with Crippen LogP contribution in [0.15, 0.2) is 24.5 Å². The van der Waals surface area contributed by atoms with Crippen molar-refractivity contribution in [3.63, 3.8) is 0 Å². The molecule has 94 valence electrons. The average Bonchev–Trinajstić information content (AvgIpc) is 2.34. The van der Waals surface area contributed by atoms with E-state index in [0.29, 0.717) is 13.1 Å². The highest BCUT2D eigenvalue weighted by Crippen LogP contribution is 2.04. The minimum absolute atomic E-state index is 0.0259. The van der Waals surface area contributed by atoms with Gasteiger partial charge in [-0.15, -0.1) is 0 Å². The van der Waals surface area contributed by atoms with E-state index in [9.17, 15) is 4.79 Å². The number of amides is 1. The minimum atomic E-state index is 0.0259. The number of hydrogen-bond donors (Lipinski definition) is 0. The molecule has 0 fully saturated rings. The molecule has 1 heterocycles. The third-order valence-electron chi connectivity index (χ3n) is 2.40. The minimum Gasteiger partial charge on any atom is -0.369 e. The van der Waals surface area contributed by atoms with Gasteiger partial charge in [0, 0.05) is 25.5 Å². The molecule has 4 nitrogen and oxygen atoms in total. The van der Waals surface area contributed by atoms with E-state index in [1.807, 2.05) is 32.9 Å². The summed E-state index contributed by atoms with van der Waals surface area (Å²) >= 11 is 0. The van der Waals surface area contributed by atoms with E-state index in [4.69, 9.17) is 4.74 Å². The molecule has 0 N–H and O–H groups in total. The van der Waals surface area contributed by atoms with Gasteiger partial charge in [0.1, 0.15) is 6.61 Å². The van der Waals surface area contributed by atoms with Crippen molar-refractivity contribution < 1.29 is 9.53 Å². The summed E-state index contributed by atoms with van der Waals surface area (Å²) in [6.07, 6.45) is 3.55. The summed E-state index contributed by atoms with van der Waals surface area (Å²) in [5, 5.41) is 0. The first-order valence-electron chi connectivity index (χ1n) is 5.91. The summed E-state index contributed by atoms with van der Waals surface area (Å²) in [7, 11) is 0. The van der Waals surface area contributed by atoms with E-state index in [0.717, 1.165) is 5.56 Å².